The third-order valence-corrected chi connectivity index (χ3v) is 15.7. The second-order valence-electron chi connectivity index (χ2n) is 23.8. The smallest absolute Gasteiger partial charge is 0.306 e. The van der Waals surface area contributed by atoms with E-state index in [-0.39, 0.29) is 31.1 Å². The summed E-state index contributed by atoms with van der Waals surface area (Å²) in [7, 11) is 0. The molecule has 81 heavy (non-hydrogen) atoms. The molecular formula is C75H134O6. The zero-order chi connectivity index (χ0) is 58.5. The van der Waals surface area contributed by atoms with Crippen LogP contribution in [0.25, 0.3) is 0 Å². The topological polar surface area (TPSA) is 78.9 Å². The SMILES string of the molecule is CC/C=C\C/C=C\C/C=C\C/C=C\C/C=C\CCCCCCCCCCCCCCCCCC(=O)OCC(COC(=O)CCCCCCC/C=C\CCC)OC(=O)CCCCCCCCCCCCCCCCCCCCCCCC. The third kappa shape index (κ3) is 67.5. The molecule has 0 fully saturated rings. The largest absolute Gasteiger partial charge is 0.462 e. The maximum Gasteiger partial charge on any atom is 0.306 e. The summed E-state index contributed by atoms with van der Waals surface area (Å²) in [5.74, 6) is -0.862. The summed E-state index contributed by atoms with van der Waals surface area (Å²) >= 11 is 0. The van der Waals surface area contributed by atoms with E-state index < -0.39 is 6.10 Å². The molecule has 0 rings (SSSR count). The molecule has 0 saturated carbocycles. The van der Waals surface area contributed by atoms with Gasteiger partial charge in [-0.1, -0.05) is 338 Å². The van der Waals surface area contributed by atoms with E-state index in [0.717, 1.165) is 103 Å². The van der Waals surface area contributed by atoms with Gasteiger partial charge in [0.2, 0.25) is 0 Å². The molecule has 0 aliphatic heterocycles. The van der Waals surface area contributed by atoms with E-state index >= 15 is 0 Å². The van der Waals surface area contributed by atoms with E-state index in [0.29, 0.717) is 19.3 Å². The highest BCUT2D eigenvalue weighted by atomic mass is 16.6. The summed E-state index contributed by atoms with van der Waals surface area (Å²) in [5, 5.41) is 0. The van der Waals surface area contributed by atoms with Gasteiger partial charge in [-0.25, -0.2) is 0 Å². The average Bonchev–Trinajstić information content (AvgIpc) is 3.47. The maximum absolute atomic E-state index is 12.9. The van der Waals surface area contributed by atoms with Gasteiger partial charge in [-0.2, -0.15) is 0 Å². The lowest BCUT2D eigenvalue weighted by Crippen LogP contribution is -2.30. The van der Waals surface area contributed by atoms with Crippen molar-refractivity contribution in [2.75, 3.05) is 13.2 Å². The molecule has 1 atom stereocenters. The molecule has 0 aromatic carbocycles. The number of hydrogen-bond donors (Lipinski definition) is 0. The normalized spacial score (nSPS) is 12.5. The number of ether oxygens (including phenoxy) is 3. The number of carbonyl (C=O) groups is 3. The Morgan fingerprint density at radius 2 is 0.506 bits per heavy atom. The van der Waals surface area contributed by atoms with Crippen LogP contribution in [0.15, 0.2) is 72.9 Å². The predicted molar refractivity (Wildman–Crippen MR) is 353 cm³/mol. The van der Waals surface area contributed by atoms with E-state index in [4.69, 9.17) is 14.2 Å². The molecule has 0 aromatic heterocycles. The number of rotatable bonds is 65. The fraction of sp³-hybridized carbons (Fsp3) is 0.800. The van der Waals surface area contributed by atoms with E-state index in [1.54, 1.807) is 0 Å². The van der Waals surface area contributed by atoms with Crippen LogP contribution in [0.5, 0.6) is 0 Å². The molecule has 0 aliphatic carbocycles. The van der Waals surface area contributed by atoms with E-state index in [9.17, 15) is 14.4 Å². The molecule has 0 spiro atoms. The van der Waals surface area contributed by atoms with Crippen molar-refractivity contribution in [2.45, 2.75) is 374 Å². The minimum Gasteiger partial charge on any atom is -0.462 e. The van der Waals surface area contributed by atoms with Gasteiger partial charge in [0.15, 0.2) is 6.10 Å². The Balaban J connectivity index is 4.13. The first kappa shape index (κ1) is 77.9. The standard InChI is InChI=1S/C75H134O6/c1-4-7-10-13-16-19-22-24-26-28-30-32-34-35-36-37-38-39-40-41-42-44-45-47-49-51-53-56-59-62-65-68-74(77)80-71-72(70-79-73(76)67-64-61-58-55-21-18-15-12-9-6-3)81-75(78)69-66-63-60-57-54-52-50-48-46-43-33-31-29-27-25-23-20-17-14-11-8-5-2/h7,10,12,15-16,19,24,26,30,32,35-36,72H,4-6,8-9,11,13-14,17-18,20-23,25,27-29,31,33-34,37-71H2,1-3H3/b10-7-,15-12-,19-16-,26-24-,32-30-,36-35-. The summed E-state index contributed by atoms with van der Waals surface area (Å²) in [6.45, 7) is 6.52. The second-order valence-corrected chi connectivity index (χ2v) is 23.8. The van der Waals surface area contributed by atoms with Crippen LogP contribution in [-0.2, 0) is 28.6 Å². The van der Waals surface area contributed by atoms with Gasteiger partial charge in [-0.15, -0.1) is 0 Å². The van der Waals surface area contributed by atoms with E-state index in [1.807, 2.05) is 0 Å². The first-order valence-corrected chi connectivity index (χ1v) is 35.4. The highest BCUT2D eigenvalue weighted by Crippen LogP contribution is 2.18. The van der Waals surface area contributed by atoms with Crippen LogP contribution >= 0.6 is 0 Å². The van der Waals surface area contributed by atoms with Crippen LogP contribution in [0, 0.1) is 0 Å². The molecule has 6 heteroatoms. The quantitative estimate of drug-likeness (QED) is 0.0261. The zero-order valence-corrected chi connectivity index (χ0v) is 54.1. The molecule has 0 amide bonds. The molecule has 0 aliphatic rings. The fourth-order valence-electron chi connectivity index (χ4n) is 10.4. The second kappa shape index (κ2) is 69.3. The van der Waals surface area contributed by atoms with Crippen LogP contribution in [0.4, 0.5) is 0 Å². The van der Waals surface area contributed by atoms with Crippen LogP contribution in [0.2, 0.25) is 0 Å². The molecule has 0 N–H and O–H groups in total. The summed E-state index contributed by atoms with van der Waals surface area (Å²) in [4.78, 5) is 38.3. The number of carbonyl (C=O) groups excluding carboxylic acids is 3. The van der Waals surface area contributed by atoms with Crippen molar-refractivity contribution in [2.24, 2.45) is 0 Å². The molecule has 0 radical (unpaired) electrons. The van der Waals surface area contributed by atoms with Crippen LogP contribution in [0.3, 0.4) is 0 Å². The maximum atomic E-state index is 12.9. The minimum absolute atomic E-state index is 0.0731. The molecule has 0 bridgehead atoms. The lowest BCUT2D eigenvalue weighted by atomic mass is 10.0. The van der Waals surface area contributed by atoms with Gasteiger partial charge in [0.25, 0.3) is 0 Å². The molecular weight excluding hydrogens is 997 g/mol. The number of esters is 3. The average molecular weight is 1130 g/mol. The molecule has 0 heterocycles. The Morgan fingerprint density at radius 3 is 0.815 bits per heavy atom. The van der Waals surface area contributed by atoms with Crippen molar-refractivity contribution in [3.8, 4) is 0 Å². The van der Waals surface area contributed by atoms with Gasteiger partial charge >= 0.3 is 17.9 Å². The van der Waals surface area contributed by atoms with Gasteiger partial charge in [-0.05, 0) is 83.5 Å². The fourth-order valence-corrected chi connectivity index (χ4v) is 10.4. The highest BCUT2D eigenvalue weighted by molar-refractivity contribution is 5.71. The Kier molecular flexibility index (Phi) is 66.6. The van der Waals surface area contributed by atoms with Crippen molar-refractivity contribution in [3.05, 3.63) is 72.9 Å². The predicted octanol–water partition coefficient (Wildman–Crippen LogP) is 24.4. The zero-order valence-electron chi connectivity index (χ0n) is 54.1. The Morgan fingerprint density at radius 1 is 0.259 bits per heavy atom. The van der Waals surface area contributed by atoms with Crippen molar-refractivity contribution in [1.29, 1.82) is 0 Å². The number of allylic oxidation sites excluding steroid dienone is 12. The van der Waals surface area contributed by atoms with Crippen molar-refractivity contribution < 1.29 is 28.6 Å². The van der Waals surface area contributed by atoms with E-state index in [2.05, 4.69) is 93.7 Å². The van der Waals surface area contributed by atoms with Crippen molar-refractivity contribution in [3.63, 3.8) is 0 Å². The van der Waals surface area contributed by atoms with Gasteiger partial charge in [-0.3, -0.25) is 14.4 Å². The Labute approximate surface area is 503 Å². The third-order valence-electron chi connectivity index (χ3n) is 15.7. The summed E-state index contributed by atoms with van der Waals surface area (Å²) in [5.41, 5.74) is 0. The summed E-state index contributed by atoms with van der Waals surface area (Å²) in [6, 6.07) is 0. The van der Waals surface area contributed by atoms with Gasteiger partial charge in [0.05, 0.1) is 0 Å². The molecule has 0 saturated heterocycles. The molecule has 6 nitrogen and oxygen atoms in total. The Bertz CT molecular complexity index is 1490. The minimum atomic E-state index is -0.776. The van der Waals surface area contributed by atoms with Gasteiger partial charge in [0, 0.05) is 19.3 Å². The Hall–Kier alpha value is -3.15. The summed E-state index contributed by atoms with van der Waals surface area (Å²) in [6.07, 6.45) is 90.9. The first-order valence-electron chi connectivity index (χ1n) is 35.4. The lowest BCUT2D eigenvalue weighted by molar-refractivity contribution is -0.167. The van der Waals surface area contributed by atoms with Crippen LogP contribution in [0.1, 0.15) is 367 Å². The van der Waals surface area contributed by atoms with Gasteiger partial charge in [0.1, 0.15) is 13.2 Å². The van der Waals surface area contributed by atoms with Crippen molar-refractivity contribution >= 4 is 17.9 Å². The molecule has 0 aromatic rings. The van der Waals surface area contributed by atoms with Crippen LogP contribution in [-0.4, -0.2) is 37.2 Å². The van der Waals surface area contributed by atoms with E-state index in [1.165, 1.54) is 225 Å². The molecule has 470 valence electrons. The van der Waals surface area contributed by atoms with Crippen molar-refractivity contribution in [1.82, 2.24) is 0 Å². The number of unbranched alkanes of at least 4 members (excludes halogenated alkanes) is 42. The summed E-state index contributed by atoms with van der Waals surface area (Å²) < 4.78 is 16.9. The lowest BCUT2D eigenvalue weighted by Gasteiger charge is -2.18. The molecule has 1 unspecified atom stereocenters. The van der Waals surface area contributed by atoms with Crippen LogP contribution < -0.4 is 0 Å². The number of hydrogen-bond acceptors (Lipinski definition) is 6. The van der Waals surface area contributed by atoms with Gasteiger partial charge < -0.3 is 14.2 Å². The first-order chi connectivity index (χ1) is 40.0. The monoisotopic (exact) mass is 1130 g/mol. The highest BCUT2D eigenvalue weighted by Gasteiger charge is 2.19.